The number of rotatable bonds is 3. The van der Waals surface area contributed by atoms with Gasteiger partial charge in [-0.15, -0.1) is 0 Å². The second-order valence-electron chi connectivity index (χ2n) is 5.88. The SMILES string of the molecule is C[C@H](OC(=O)c1ccco1)C(=O)N1c2ccccc2Sc2ccc(Cl)cc21. The van der Waals surface area contributed by atoms with Crippen LogP contribution in [0.25, 0.3) is 0 Å². The van der Waals surface area contributed by atoms with Gasteiger partial charge in [0.25, 0.3) is 5.91 Å². The van der Waals surface area contributed by atoms with Crippen LogP contribution in [0.1, 0.15) is 17.5 Å². The van der Waals surface area contributed by atoms with Crippen LogP contribution in [0.2, 0.25) is 5.02 Å². The molecule has 0 fully saturated rings. The number of ether oxygens (including phenoxy) is 1. The van der Waals surface area contributed by atoms with Crippen molar-refractivity contribution in [2.75, 3.05) is 4.90 Å². The molecule has 27 heavy (non-hydrogen) atoms. The van der Waals surface area contributed by atoms with Gasteiger partial charge in [-0.2, -0.15) is 0 Å². The Hall–Kier alpha value is -2.70. The molecule has 1 amide bonds. The molecule has 1 aliphatic rings. The quantitative estimate of drug-likeness (QED) is 0.559. The van der Waals surface area contributed by atoms with Crippen molar-refractivity contribution < 1.29 is 18.7 Å². The topological polar surface area (TPSA) is 59.8 Å². The molecule has 3 aromatic rings. The molecule has 2 heterocycles. The number of carbonyl (C=O) groups excluding carboxylic acids is 2. The van der Waals surface area contributed by atoms with E-state index in [1.165, 1.54) is 19.3 Å². The third kappa shape index (κ3) is 3.34. The van der Waals surface area contributed by atoms with E-state index in [1.807, 2.05) is 30.3 Å². The Balaban J connectivity index is 1.68. The van der Waals surface area contributed by atoms with Crippen molar-refractivity contribution in [1.82, 2.24) is 0 Å². The average Bonchev–Trinajstić information content (AvgIpc) is 3.20. The molecule has 136 valence electrons. The highest BCUT2D eigenvalue weighted by Crippen LogP contribution is 2.49. The van der Waals surface area contributed by atoms with Crippen molar-refractivity contribution in [1.29, 1.82) is 0 Å². The number of benzene rings is 2. The highest BCUT2D eigenvalue weighted by molar-refractivity contribution is 7.99. The molecule has 1 aromatic heterocycles. The summed E-state index contributed by atoms with van der Waals surface area (Å²) in [7, 11) is 0. The van der Waals surface area contributed by atoms with Crippen molar-refractivity contribution in [2.45, 2.75) is 22.8 Å². The van der Waals surface area contributed by atoms with Crippen LogP contribution in [0.4, 0.5) is 11.4 Å². The number of furan rings is 1. The minimum absolute atomic E-state index is 0.0488. The summed E-state index contributed by atoms with van der Waals surface area (Å²) in [5.74, 6) is -1.01. The number of hydrogen-bond donors (Lipinski definition) is 0. The maximum atomic E-state index is 13.2. The Morgan fingerprint density at radius 1 is 1.07 bits per heavy atom. The van der Waals surface area contributed by atoms with Crippen LogP contribution in [-0.2, 0) is 9.53 Å². The molecule has 0 spiro atoms. The summed E-state index contributed by atoms with van der Waals surface area (Å²) in [5, 5.41) is 0.520. The number of amides is 1. The molecule has 0 bridgehead atoms. The molecular formula is C20H14ClNO4S. The zero-order valence-corrected chi connectivity index (χ0v) is 15.8. The molecule has 5 nitrogen and oxygen atoms in total. The molecular weight excluding hydrogens is 386 g/mol. The van der Waals surface area contributed by atoms with Gasteiger partial charge in [-0.25, -0.2) is 4.79 Å². The fraction of sp³-hybridized carbons (Fsp3) is 0.100. The lowest BCUT2D eigenvalue weighted by Gasteiger charge is -2.32. The van der Waals surface area contributed by atoms with Gasteiger partial charge < -0.3 is 9.15 Å². The number of nitrogens with zero attached hydrogens (tertiary/aromatic N) is 1. The van der Waals surface area contributed by atoms with E-state index in [0.29, 0.717) is 10.7 Å². The Labute approximate surface area is 164 Å². The molecule has 0 N–H and O–H groups in total. The first-order valence-electron chi connectivity index (χ1n) is 8.19. The molecule has 0 saturated carbocycles. The van der Waals surface area contributed by atoms with E-state index < -0.39 is 12.1 Å². The second kappa shape index (κ2) is 7.13. The molecule has 0 unspecified atom stereocenters. The summed E-state index contributed by atoms with van der Waals surface area (Å²) in [5.41, 5.74) is 1.39. The predicted octanol–water partition coefficient (Wildman–Crippen LogP) is 5.31. The van der Waals surface area contributed by atoms with Gasteiger partial charge in [0.05, 0.1) is 17.6 Å². The zero-order valence-electron chi connectivity index (χ0n) is 14.2. The third-order valence-electron chi connectivity index (χ3n) is 4.06. The predicted molar refractivity (Wildman–Crippen MR) is 103 cm³/mol. The number of fused-ring (bicyclic) bond motifs is 2. The number of halogens is 1. The summed E-state index contributed by atoms with van der Waals surface area (Å²) in [6, 6.07) is 16.0. The van der Waals surface area contributed by atoms with Gasteiger partial charge in [0, 0.05) is 14.8 Å². The van der Waals surface area contributed by atoms with Gasteiger partial charge in [0.1, 0.15) is 0 Å². The fourth-order valence-electron chi connectivity index (χ4n) is 2.81. The zero-order chi connectivity index (χ0) is 19.0. The number of hydrogen-bond acceptors (Lipinski definition) is 5. The van der Waals surface area contributed by atoms with Crippen molar-refractivity contribution >= 4 is 46.6 Å². The van der Waals surface area contributed by atoms with Crippen LogP contribution in [0.3, 0.4) is 0 Å². The Bertz CT molecular complexity index is 1020. The lowest BCUT2D eigenvalue weighted by molar-refractivity contribution is -0.125. The third-order valence-corrected chi connectivity index (χ3v) is 5.43. The van der Waals surface area contributed by atoms with Crippen molar-refractivity contribution in [3.8, 4) is 0 Å². The van der Waals surface area contributed by atoms with Crippen molar-refractivity contribution in [3.63, 3.8) is 0 Å². The minimum atomic E-state index is -1.01. The van der Waals surface area contributed by atoms with Gasteiger partial charge in [0.15, 0.2) is 6.10 Å². The van der Waals surface area contributed by atoms with Gasteiger partial charge >= 0.3 is 5.97 Å². The fourth-order valence-corrected chi connectivity index (χ4v) is 4.02. The van der Waals surface area contributed by atoms with Crippen LogP contribution < -0.4 is 4.90 Å². The van der Waals surface area contributed by atoms with Crippen molar-refractivity contribution in [2.24, 2.45) is 0 Å². The summed E-state index contributed by atoms with van der Waals surface area (Å²) in [6.45, 7) is 1.54. The molecule has 1 aliphatic heterocycles. The second-order valence-corrected chi connectivity index (χ2v) is 7.40. The molecule has 2 aromatic carbocycles. The van der Waals surface area contributed by atoms with E-state index in [2.05, 4.69) is 0 Å². The molecule has 4 rings (SSSR count). The van der Waals surface area contributed by atoms with Crippen LogP contribution in [0, 0.1) is 0 Å². The summed E-state index contributed by atoms with van der Waals surface area (Å²) in [4.78, 5) is 28.7. The Morgan fingerprint density at radius 2 is 1.85 bits per heavy atom. The van der Waals surface area contributed by atoms with Gasteiger partial charge in [-0.1, -0.05) is 35.5 Å². The standard InChI is InChI=1S/C20H14ClNO4S/c1-12(26-20(24)16-6-4-10-25-16)19(23)22-14-5-2-3-7-17(14)27-18-9-8-13(21)11-15(18)22/h2-12H,1H3/t12-/m0/s1. The highest BCUT2D eigenvalue weighted by atomic mass is 35.5. The van der Waals surface area contributed by atoms with Crippen molar-refractivity contribution in [3.05, 3.63) is 71.6 Å². The maximum absolute atomic E-state index is 13.2. The lowest BCUT2D eigenvalue weighted by atomic mass is 10.2. The summed E-state index contributed by atoms with van der Waals surface area (Å²) < 4.78 is 10.3. The summed E-state index contributed by atoms with van der Waals surface area (Å²) in [6.07, 6.45) is 0.366. The Morgan fingerprint density at radius 3 is 2.63 bits per heavy atom. The summed E-state index contributed by atoms with van der Waals surface area (Å²) >= 11 is 7.72. The van der Waals surface area contributed by atoms with E-state index in [-0.39, 0.29) is 11.7 Å². The van der Waals surface area contributed by atoms with E-state index in [1.54, 1.807) is 34.9 Å². The minimum Gasteiger partial charge on any atom is -0.457 e. The Kier molecular flexibility index (Phi) is 4.68. The first-order valence-corrected chi connectivity index (χ1v) is 9.39. The average molecular weight is 400 g/mol. The molecule has 0 radical (unpaired) electrons. The number of para-hydroxylation sites is 1. The highest BCUT2D eigenvalue weighted by Gasteiger charge is 2.33. The van der Waals surface area contributed by atoms with E-state index in [9.17, 15) is 9.59 Å². The molecule has 0 saturated heterocycles. The van der Waals surface area contributed by atoms with Gasteiger partial charge in [-0.05, 0) is 49.4 Å². The van der Waals surface area contributed by atoms with E-state index in [0.717, 1.165) is 15.5 Å². The number of esters is 1. The van der Waals surface area contributed by atoms with Crippen LogP contribution in [0.15, 0.2) is 75.1 Å². The normalized spacial score (nSPS) is 13.5. The largest absolute Gasteiger partial charge is 0.457 e. The maximum Gasteiger partial charge on any atom is 0.374 e. The van der Waals surface area contributed by atoms with Crippen LogP contribution in [-0.4, -0.2) is 18.0 Å². The monoisotopic (exact) mass is 399 g/mol. The van der Waals surface area contributed by atoms with Crippen LogP contribution >= 0.6 is 23.4 Å². The first-order chi connectivity index (χ1) is 13.0. The van der Waals surface area contributed by atoms with Gasteiger partial charge in [-0.3, -0.25) is 9.69 Å². The smallest absolute Gasteiger partial charge is 0.374 e. The first kappa shape index (κ1) is 17.7. The molecule has 1 atom stereocenters. The number of carbonyl (C=O) groups is 2. The molecule has 0 aliphatic carbocycles. The number of anilines is 2. The van der Waals surface area contributed by atoms with Crippen LogP contribution in [0.5, 0.6) is 0 Å². The van der Waals surface area contributed by atoms with E-state index in [4.69, 9.17) is 20.8 Å². The lowest BCUT2D eigenvalue weighted by Crippen LogP contribution is -2.38. The molecule has 7 heteroatoms. The van der Waals surface area contributed by atoms with Gasteiger partial charge in [0.2, 0.25) is 5.76 Å². The van der Waals surface area contributed by atoms with E-state index >= 15 is 0 Å².